The molecule has 0 aliphatic heterocycles. The maximum Gasteiger partial charge on any atom is 0.141 e. The lowest BCUT2D eigenvalue weighted by Crippen LogP contribution is -2.05. The van der Waals surface area contributed by atoms with Crippen LogP contribution in [0.25, 0.3) is 11.0 Å². The van der Waals surface area contributed by atoms with Gasteiger partial charge in [0.05, 0.1) is 11.0 Å². The summed E-state index contributed by atoms with van der Waals surface area (Å²) in [6.45, 7) is 2.73. The molecule has 0 bridgehead atoms. The van der Waals surface area contributed by atoms with Crippen LogP contribution < -0.4 is 5.32 Å². The molecule has 0 radical (unpaired) electrons. The molecular weight excluding hydrogens is 273 g/mol. The van der Waals surface area contributed by atoms with E-state index in [1.807, 2.05) is 7.05 Å². The third kappa shape index (κ3) is 1.87. The van der Waals surface area contributed by atoms with E-state index < -0.39 is 0 Å². The molecule has 0 aliphatic carbocycles. The molecule has 4 heteroatoms. The van der Waals surface area contributed by atoms with Crippen molar-refractivity contribution in [3.63, 3.8) is 0 Å². The van der Waals surface area contributed by atoms with Crippen molar-refractivity contribution >= 4 is 26.9 Å². The first kappa shape index (κ1) is 11.6. The van der Waals surface area contributed by atoms with E-state index in [0.29, 0.717) is 16.6 Å². The van der Waals surface area contributed by atoms with Gasteiger partial charge in [-0.2, -0.15) is 0 Å². The van der Waals surface area contributed by atoms with Gasteiger partial charge in [0, 0.05) is 17.0 Å². The summed E-state index contributed by atoms with van der Waals surface area (Å²) >= 11 is 3.20. The van der Waals surface area contributed by atoms with Gasteiger partial charge in [0.15, 0.2) is 0 Å². The number of rotatable bonds is 3. The maximum absolute atomic E-state index is 13.4. The van der Waals surface area contributed by atoms with Crippen LogP contribution in [0.4, 0.5) is 4.39 Å². The van der Waals surface area contributed by atoms with E-state index in [9.17, 15) is 4.39 Å². The van der Waals surface area contributed by atoms with Gasteiger partial charge in [0.25, 0.3) is 0 Å². The highest BCUT2D eigenvalue weighted by Gasteiger charge is 2.14. The molecule has 2 rings (SSSR count). The molecule has 16 heavy (non-hydrogen) atoms. The summed E-state index contributed by atoms with van der Waals surface area (Å²) in [6, 6.07) is 3.21. The highest BCUT2D eigenvalue weighted by molar-refractivity contribution is 9.10. The van der Waals surface area contributed by atoms with Crippen molar-refractivity contribution in [2.45, 2.75) is 19.9 Å². The number of hydrogen-bond acceptors (Lipinski definition) is 2. The molecule has 1 heterocycles. The third-order valence-corrected chi connectivity index (χ3v) is 3.22. The molecule has 0 aliphatic rings. The topological polar surface area (TPSA) is 25.2 Å². The van der Waals surface area contributed by atoms with Gasteiger partial charge >= 0.3 is 0 Å². The number of aryl methyl sites for hydroxylation is 1. The molecule has 2 nitrogen and oxygen atoms in total. The monoisotopic (exact) mass is 285 g/mol. The summed E-state index contributed by atoms with van der Waals surface area (Å²) in [6.07, 6.45) is 0.877. The van der Waals surface area contributed by atoms with E-state index >= 15 is 0 Å². The van der Waals surface area contributed by atoms with Gasteiger partial charge in [-0.1, -0.05) is 6.92 Å². The van der Waals surface area contributed by atoms with Crippen molar-refractivity contribution in [1.29, 1.82) is 0 Å². The molecule has 1 aromatic heterocycles. The quantitative estimate of drug-likeness (QED) is 0.932. The van der Waals surface area contributed by atoms with Crippen molar-refractivity contribution in [3.05, 3.63) is 33.7 Å². The minimum atomic E-state index is -0.292. The second-order valence-corrected chi connectivity index (χ2v) is 4.50. The van der Waals surface area contributed by atoms with E-state index in [2.05, 4.69) is 28.2 Å². The SMILES string of the molecule is CCc1c(CNC)oc2cc(F)c(Br)cc12. The van der Waals surface area contributed by atoms with E-state index in [4.69, 9.17) is 4.42 Å². The smallest absolute Gasteiger partial charge is 0.141 e. The molecule has 0 unspecified atom stereocenters. The Kier molecular flexibility index (Phi) is 3.30. The molecule has 0 amide bonds. The fourth-order valence-corrected chi connectivity index (χ4v) is 2.23. The van der Waals surface area contributed by atoms with E-state index in [1.54, 1.807) is 6.07 Å². The van der Waals surface area contributed by atoms with Gasteiger partial charge < -0.3 is 9.73 Å². The Labute approximate surface area is 102 Å². The van der Waals surface area contributed by atoms with Crippen LogP contribution in [0, 0.1) is 5.82 Å². The zero-order chi connectivity index (χ0) is 11.7. The standard InChI is InChI=1S/C12H13BrFNO/c1-3-7-8-4-9(13)10(14)5-11(8)16-12(7)6-15-2/h4-5,15H,3,6H2,1-2H3. The summed E-state index contributed by atoms with van der Waals surface area (Å²) in [5.41, 5.74) is 1.76. The predicted molar refractivity (Wildman–Crippen MR) is 66.0 cm³/mol. The molecule has 86 valence electrons. The van der Waals surface area contributed by atoms with Gasteiger partial charge in [0.2, 0.25) is 0 Å². The second kappa shape index (κ2) is 4.55. The second-order valence-electron chi connectivity index (χ2n) is 3.65. The largest absolute Gasteiger partial charge is 0.459 e. The van der Waals surface area contributed by atoms with Crippen molar-refractivity contribution < 1.29 is 8.81 Å². The van der Waals surface area contributed by atoms with Gasteiger partial charge in [0.1, 0.15) is 17.2 Å². The molecule has 0 saturated carbocycles. The Morgan fingerprint density at radius 1 is 1.44 bits per heavy atom. The zero-order valence-corrected chi connectivity index (χ0v) is 10.8. The lowest BCUT2D eigenvalue weighted by molar-refractivity contribution is 0.521. The highest BCUT2D eigenvalue weighted by atomic mass is 79.9. The van der Waals surface area contributed by atoms with E-state index in [1.165, 1.54) is 6.07 Å². The average molecular weight is 286 g/mol. The fourth-order valence-electron chi connectivity index (χ4n) is 1.88. The van der Waals surface area contributed by atoms with Crippen LogP contribution in [0.2, 0.25) is 0 Å². The summed E-state index contributed by atoms with van der Waals surface area (Å²) in [5, 5.41) is 4.04. The van der Waals surface area contributed by atoms with Crippen molar-refractivity contribution in [2.75, 3.05) is 7.05 Å². The molecule has 1 aromatic carbocycles. The van der Waals surface area contributed by atoms with Crippen LogP contribution in [-0.4, -0.2) is 7.05 Å². The molecule has 0 atom stereocenters. The van der Waals surface area contributed by atoms with E-state index in [-0.39, 0.29) is 5.82 Å². The summed E-state index contributed by atoms with van der Waals surface area (Å²) in [7, 11) is 1.86. The van der Waals surface area contributed by atoms with E-state index in [0.717, 1.165) is 23.1 Å². The first-order chi connectivity index (χ1) is 7.67. The lowest BCUT2D eigenvalue weighted by atomic mass is 10.1. The van der Waals surface area contributed by atoms with Crippen molar-refractivity contribution in [2.24, 2.45) is 0 Å². The van der Waals surface area contributed by atoms with Gasteiger partial charge in [-0.3, -0.25) is 0 Å². The molecule has 2 aromatic rings. The first-order valence-corrected chi connectivity index (χ1v) is 6.00. The Morgan fingerprint density at radius 2 is 2.19 bits per heavy atom. The summed E-state index contributed by atoms with van der Waals surface area (Å²) in [4.78, 5) is 0. The highest BCUT2D eigenvalue weighted by Crippen LogP contribution is 2.30. The number of benzene rings is 1. The summed E-state index contributed by atoms with van der Waals surface area (Å²) < 4.78 is 19.5. The third-order valence-electron chi connectivity index (χ3n) is 2.61. The first-order valence-electron chi connectivity index (χ1n) is 5.21. The van der Waals surface area contributed by atoms with Crippen molar-refractivity contribution in [1.82, 2.24) is 5.32 Å². The molecule has 1 N–H and O–H groups in total. The molecule has 0 fully saturated rings. The minimum absolute atomic E-state index is 0.292. The number of furan rings is 1. The number of halogens is 2. The Balaban J connectivity index is 2.67. The Bertz CT molecular complexity index is 521. The van der Waals surface area contributed by atoms with Crippen LogP contribution >= 0.6 is 15.9 Å². The van der Waals surface area contributed by atoms with Crippen LogP contribution in [0.1, 0.15) is 18.2 Å². The lowest BCUT2D eigenvalue weighted by Gasteiger charge is -1.98. The fraction of sp³-hybridized carbons (Fsp3) is 0.333. The zero-order valence-electron chi connectivity index (χ0n) is 9.23. The van der Waals surface area contributed by atoms with Gasteiger partial charge in [-0.05, 0) is 35.5 Å². The van der Waals surface area contributed by atoms with Gasteiger partial charge in [-0.15, -0.1) is 0 Å². The van der Waals surface area contributed by atoms with Crippen LogP contribution in [0.5, 0.6) is 0 Å². The molecular formula is C12H13BrFNO. The average Bonchev–Trinajstić information content (AvgIpc) is 2.56. The molecule has 0 spiro atoms. The Morgan fingerprint density at radius 3 is 2.81 bits per heavy atom. The molecule has 0 saturated heterocycles. The number of nitrogens with one attached hydrogen (secondary N) is 1. The summed E-state index contributed by atoms with van der Waals surface area (Å²) in [5.74, 6) is 0.595. The van der Waals surface area contributed by atoms with Gasteiger partial charge in [-0.25, -0.2) is 4.39 Å². The van der Waals surface area contributed by atoms with Crippen LogP contribution in [0.3, 0.4) is 0 Å². The predicted octanol–water partition coefficient (Wildman–Crippen LogP) is 3.62. The Hall–Kier alpha value is -0.870. The van der Waals surface area contributed by atoms with Crippen LogP contribution in [0.15, 0.2) is 21.0 Å². The number of hydrogen-bond donors (Lipinski definition) is 1. The van der Waals surface area contributed by atoms with Crippen LogP contribution in [-0.2, 0) is 13.0 Å². The normalized spacial score (nSPS) is 11.2. The maximum atomic E-state index is 13.4. The van der Waals surface area contributed by atoms with Crippen molar-refractivity contribution in [3.8, 4) is 0 Å². The number of fused-ring (bicyclic) bond motifs is 1. The minimum Gasteiger partial charge on any atom is -0.459 e.